The highest BCUT2D eigenvalue weighted by molar-refractivity contribution is 6.14. The first-order valence-corrected chi connectivity index (χ1v) is 6.70. The fraction of sp³-hybridized carbons (Fsp3) is 0.0556. The Morgan fingerprint density at radius 1 is 1.10 bits per heavy atom. The number of ketones is 1. The van der Waals surface area contributed by atoms with Crippen molar-refractivity contribution >= 4 is 22.8 Å². The highest BCUT2D eigenvalue weighted by Gasteiger charge is 2.08. The zero-order valence-corrected chi connectivity index (χ0v) is 11.7. The van der Waals surface area contributed by atoms with Gasteiger partial charge in [-0.3, -0.25) is 4.79 Å². The molecule has 3 heteroatoms. The van der Waals surface area contributed by atoms with Crippen molar-refractivity contribution in [2.75, 3.05) is 7.11 Å². The summed E-state index contributed by atoms with van der Waals surface area (Å²) in [6.45, 7) is 0. The van der Waals surface area contributed by atoms with Gasteiger partial charge in [-0.1, -0.05) is 36.4 Å². The Morgan fingerprint density at radius 2 is 1.86 bits per heavy atom. The number of aromatic nitrogens is 1. The number of hydrogen-bond acceptors (Lipinski definition) is 2. The van der Waals surface area contributed by atoms with Crippen molar-refractivity contribution in [2.24, 2.45) is 0 Å². The largest absolute Gasteiger partial charge is 0.497 e. The number of benzene rings is 2. The Bertz CT molecular complexity index is 797. The van der Waals surface area contributed by atoms with Crippen LogP contribution in [0.3, 0.4) is 0 Å². The third-order valence-electron chi connectivity index (χ3n) is 3.40. The summed E-state index contributed by atoms with van der Waals surface area (Å²) in [6.07, 6.45) is 5.16. The van der Waals surface area contributed by atoms with E-state index >= 15 is 0 Å². The van der Waals surface area contributed by atoms with Gasteiger partial charge in [0.2, 0.25) is 0 Å². The van der Waals surface area contributed by atoms with E-state index in [9.17, 15) is 4.79 Å². The predicted molar refractivity (Wildman–Crippen MR) is 84.7 cm³/mol. The van der Waals surface area contributed by atoms with Crippen molar-refractivity contribution in [3.05, 3.63) is 71.9 Å². The lowest BCUT2D eigenvalue weighted by Crippen LogP contribution is -1.92. The number of ether oxygens (including phenoxy) is 1. The van der Waals surface area contributed by atoms with Crippen molar-refractivity contribution in [1.82, 2.24) is 4.98 Å². The molecule has 2 aromatic carbocycles. The van der Waals surface area contributed by atoms with Crippen LogP contribution >= 0.6 is 0 Å². The van der Waals surface area contributed by atoms with Crippen molar-refractivity contribution in [3.63, 3.8) is 0 Å². The second-order valence-electron chi connectivity index (χ2n) is 4.72. The maximum absolute atomic E-state index is 12.3. The van der Waals surface area contributed by atoms with Crippen molar-refractivity contribution in [1.29, 1.82) is 0 Å². The van der Waals surface area contributed by atoms with Crippen LogP contribution in [0.4, 0.5) is 0 Å². The summed E-state index contributed by atoms with van der Waals surface area (Å²) in [5.74, 6) is 0.790. The maximum Gasteiger partial charge on any atom is 0.187 e. The molecule has 21 heavy (non-hydrogen) atoms. The molecular formula is C18H15NO2. The Balaban J connectivity index is 1.83. The molecule has 0 aliphatic heterocycles. The lowest BCUT2D eigenvalue weighted by molar-refractivity contribution is 0.104. The predicted octanol–water partition coefficient (Wildman–Crippen LogP) is 4.07. The molecule has 0 saturated carbocycles. The van der Waals surface area contributed by atoms with Crippen LogP contribution in [-0.2, 0) is 0 Å². The van der Waals surface area contributed by atoms with E-state index in [1.54, 1.807) is 19.4 Å². The molecule has 0 aliphatic rings. The molecule has 3 nitrogen and oxygen atoms in total. The first-order valence-electron chi connectivity index (χ1n) is 6.70. The van der Waals surface area contributed by atoms with Crippen LogP contribution in [0.1, 0.15) is 15.9 Å². The van der Waals surface area contributed by atoms with Crippen molar-refractivity contribution in [3.8, 4) is 5.75 Å². The van der Waals surface area contributed by atoms with Gasteiger partial charge >= 0.3 is 0 Å². The number of nitrogens with one attached hydrogen (secondary N) is 1. The number of allylic oxidation sites excluding steroid dienone is 1. The van der Waals surface area contributed by atoms with Crippen LogP contribution in [0.15, 0.2) is 60.8 Å². The van der Waals surface area contributed by atoms with Crippen LogP contribution in [0.5, 0.6) is 5.75 Å². The summed E-state index contributed by atoms with van der Waals surface area (Å²) >= 11 is 0. The minimum absolute atomic E-state index is 0.0109. The third-order valence-corrected chi connectivity index (χ3v) is 3.40. The number of methoxy groups -OCH3 is 1. The summed E-state index contributed by atoms with van der Waals surface area (Å²) in [5.41, 5.74) is 2.62. The van der Waals surface area contributed by atoms with E-state index in [2.05, 4.69) is 4.98 Å². The Kier molecular flexibility index (Phi) is 3.56. The van der Waals surface area contributed by atoms with Gasteiger partial charge in [0.15, 0.2) is 5.78 Å². The van der Waals surface area contributed by atoms with E-state index in [4.69, 9.17) is 4.74 Å². The molecule has 1 heterocycles. The number of hydrogen-bond donors (Lipinski definition) is 1. The molecule has 0 radical (unpaired) electrons. The molecule has 1 aromatic heterocycles. The van der Waals surface area contributed by atoms with Crippen LogP contribution in [0, 0.1) is 0 Å². The summed E-state index contributed by atoms with van der Waals surface area (Å²) in [6, 6.07) is 15.3. The molecule has 0 atom stereocenters. The quantitative estimate of drug-likeness (QED) is 0.577. The van der Waals surface area contributed by atoms with Crippen LogP contribution in [0.25, 0.3) is 17.0 Å². The summed E-state index contributed by atoms with van der Waals surface area (Å²) in [7, 11) is 1.63. The number of para-hydroxylation sites is 1. The molecule has 3 rings (SSSR count). The lowest BCUT2D eigenvalue weighted by Gasteiger charge is -1.99. The van der Waals surface area contributed by atoms with E-state index in [-0.39, 0.29) is 5.78 Å². The molecule has 0 aliphatic carbocycles. The Hall–Kier alpha value is -2.81. The SMILES string of the molecule is COc1ccc(/C=C/C(=O)c2c[nH]c3ccccc23)cc1. The lowest BCUT2D eigenvalue weighted by atomic mass is 10.1. The van der Waals surface area contributed by atoms with Gasteiger partial charge in [0.25, 0.3) is 0 Å². The van der Waals surface area contributed by atoms with E-state index in [0.717, 1.165) is 22.2 Å². The normalized spacial score (nSPS) is 11.1. The summed E-state index contributed by atoms with van der Waals surface area (Å²) in [5, 5.41) is 0.946. The van der Waals surface area contributed by atoms with Gasteiger partial charge in [-0.2, -0.15) is 0 Å². The van der Waals surface area contributed by atoms with Crippen LogP contribution in [0.2, 0.25) is 0 Å². The van der Waals surface area contributed by atoms with Gasteiger partial charge in [0.05, 0.1) is 7.11 Å². The van der Waals surface area contributed by atoms with Gasteiger partial charge in [0, 0.05) is 22.7 Å². The first kappa shape index (κ1) is 13.2. The van der Waals surface area contributed by atoms with Gasteiger partial charge in [-0.15, -0.1) is 0 Å². The molecule has 3 aromatic rings. The molecule has 0 amide bonds. The average Bonchev–Trinajstić information content (AvgIpc) is 2.97. The highest BCUT2D eigenvalue weighted by atomic mass is 16.5. The Morgan fingerprint density at radius 3 is 2.62 bits per heavy atom. The standard InChI is InChI=1S/C18H15NO2/c1-21-14-9-6-13(7-10-14)8-11-18(20)16-12-19-17-5-3-2-4-15(16)17/h2-12,19H,1H3/b11-8+. The van der Waals surface area contributed by atoms with Gasteiger partial charge in [-0.25, -0.2) is 0 Å². The number of aromatic amines is 1. The van der Waals surface area contributed by atoms with Crippen LogP contribution in [-0.4, -0.2) is 17.9 Å². The number of carbonyl (C=O) groups excluding carboxylic acids is 1. The monoisotopic (exact) mass is 277 g/mol. The number of fused-ring (bicyclic) bond motifs is 1. The first-order chi connectivity index (χ1) is 10.3. The van der Waals surface area contributed by atoms with Gasteiger partial charge in [0.1, 0.15) is 5.75 Å². The van der Waals surface area contributed by atoms with Crippen LogP contribution < -0.4 is 4.74 Å². The minimum atomic E-state index is -0.0109. The maximum atomic E-state index is 12.3. The second kappa shape index (κ2) is 5.67. The zero-order chi connectivity index (χ0) is 14.7. The second-order valence-corrected chi connectivity index (χ2v) is 4.72. The molecule has 0 fully saturated rings. The smallest absolute Gasteiger partial charge is 0.187 e. The summed E-state index contributed by atoms with van der Waals surface area (Å²) < 4.78 is 5.11. The van der Waals surface area contributed by atoms with E-state index in [1.807, 2.05) is 54.6 Å². The van der Waals surface area contributed by atoms with Gasteiger partial charge < -0.3 is 9.72 Å². The molecule has 1 N–H and O–H groups in total. The number of carbonyl (C=O) groups is 1. The fourth-order valence-corrected chi connectivity index (χ4v) is 2.25. The molecule has 0 spiro atoms. The Labute approximate surface area is 122 Å². The number of H-pyrrole nitrogens is 1. The summed E-state index contributed by atoms with van der Waals surface area (Å²) in [4.78, 5) is 15.4. The van der Waals surface area contributed by atoms with E-state index in [1.165, 1.54) is 0 Å². The average molecular weight is 277 g/mol. The van der Waals surface area contributed by atoms with Gasteiger partial charge in [-0.05, 0) is 29.8 Å². The molecule has 0 saturated heterocycles. The number of rotatable bonds is 4. The molecule has 104 valence electrons. The molecular weight excluding hydrogens is 262 g/mol. The fourth-order valence-electron chi connectivity index (χ4n) is 2.25. The molecule has 0 bridgehead atoms. The van der Waals surface area contributed by atoms with E-state index in [0.29, 0.717) is 5.56 Å². The van der Waals surface area contributed by atoms with Crippen molar-refractivity contribution < 1.29 is 9.53 Å². The zero-order valence-electron chi connectivity index (χ0n) is 11.7. The third kappa shape index (κ3) is 2.72. The van der Waals surface area contributed by atoms with E-state index < -0.39 is 0 Å². The minimum Gasteiger partial charge on any atom is -0.497 e. The topological polar surface area (TPSA) is 42.1 Å². The molecule has 0 unspecified atom stereocenters. The van der Waals surface area contributed by atoms with Crippen molar-refractivity contribution in [2.45, 2.75) is 0 Å². The highest BCUT2D eigenvalue weighted by Crippen LogP contribution is 2.19.